The van der Waals surface area contributed by atoms with Crippen molar-refractivity contribution in [1.82, 2.24) is 10.4 Å². The van der Waals surface area contributed by atoms with Crippen molar-refractivity contribution in [2.45, 2.75) is 4.90 Å². The van der Waals surface area contributed by atoms with Crippen LogP contribution in [0.5, 0.6) is 0 Å². The summed E-state index contributed by atoms with van der Waals surface area (Å²) in [4.78, 5) is 50.6. The van der Waals surface area contributed by atoms with E-state index in [0.717, 1.165) is 4.90 Å². The van der Waals surface area contributed by atoms with Gasteiger partial charge < -0.3 is 5.32 Å². The van der Waals surface area contributed by atoms with Crippen molar-refractivity contribution in [1.29, 1.82) is 0 Å². The number of carbonyl (C=O) groups is 4. The molecule has 0 spiro atoms. The van der Waals surface area contributed by atoms with Crippen LogP contribution in [0.15, 0.2) is 83.8 Å². The standard InChI is InChI=1S/C23H17N3O4S/c27-20(14-31-17-9-2-1-3-10-17)24-16-8-6-7-15(13-16)21(28)25-26-22(29)18-11-4-5-12-19(18)23(26)30/h1-13H,14H2,(H,24,27)(H,25,28). The van der Waals surface area contributed by atoms with E-state index in [1.165, 1.54) is 36.0 Å². The molecule has 4 rings (SSSR count). The van der Waals surface area contributed by atoms with Crippen LogP contribution in [0.4, 0.5) is 5.69 Å². The normalized spacial score (nSPS) is 12.5. The van der Waals surface area contributed by atoms with E-state index in [2.05, 4.69) is 10.7 Å². The van der Waals surface area contributed by atoms with Gasteiger partial charge in [-0.05, 0) is 42.5 Å². The Kier molecular flexibility index (Phi) is 5.81. The van der Waals surface area contributed by atoms with Crippen LogP contribution in [0.3, 0.4) is 0 Å². The number of imide groups is 1. The predicted molar refractivity (Wildman–Crippen MR) is 117 cm³/mol. The molecule has 2 N–H and O–H groups in total. The molecule has 0 saturated carbocycles. The lowest BCUT2D eigenvalue weighted by atomic mass is 10.1. The zero-order chi connectivity index (χ0) is 21.8. The Morgan fingerprint density at radius 3 is 2.13 bits per heavy atom. The third-order valence-electron chi connectivity index (χ3n) is 4.53. The van der Waals surface area contributed by atoms with Crippen LogP contribution in [-0.4, -0.2) is 34.4 Å². The van der Waals surface area contributed by atoms with E-state index >= 15 is 0 Å². The molecule has 1 heterocycles. The average Bonchev–Trinajstić information content (AvgIpc) is 3.03. The summed E-state index contributed by atoms with van der Waals surface area (Å²) in [6.07, 6.45) is 0. The van der Waals surface area contributed by atoms with Crippen molar-refractivity contribution in [3.05, 3.63) is 95.6 Å². The van der Waals surface area contributed by atoms with Gasteiger partial charge in [0.25, 0.3) is 17.7 Å². The number of hydrogen-bond acceptors (Lipinski definition) is 5. The molecule has 0 saturated heterocycles. The number of hydrazine groups is 1. The maximum atomic E-state index is 12.6. The minimum Gasteiger partial charge on any atom is -0.325 e. The molecule has 0 radical (unpaired) electrons. The molecule has 0 atom stereocenters. The molecule has 0 aliphatic carbocycles. The van der Waals surface area contributed by atoms with E-state index in [9.17, 15) is 19.2 Å². The van der Waals surface area contributed by atoms with Gasteiger partial charge in [-0.2, -0.15) is 5.01 Å². The van der Waals surface area contributed by atoms with Gasteiger partial charge in [-0.3, -0.25) is 24.6 Å². The highest BCUT2D eigenvalue weighted by molar-refractivity contribution is 8.00. The van der Waals surface area contributed by atoms with Crippen molar-refractivity contribution >= 4 is 41.1 Å². The first-order valence-electron chi connectivity index (χ1n) is 9.39. The van der Waals surface area contributed by atoms with Crippen LogP contribution >= 0.6 is 11.8 Å². The number of carbonyl (C=O) groups excluding carboxylic acids is 4. The predicted octanol–water partition coefficient (Wildman–Crippen LogP) is 3.36. The highest BCUT2D eigenvalue weighted by atomic mass is 32.2. The SMILES string of the molecule is O=C(CSc1ccccc1)Nc1cccc(C(=O)NN2C(=O)c3ccccc3C2=O)c1. The van der Waals surface area contributed by atoms with Crippen LogP contribution in [-0.2, 0) is 4.79 Å². The van der Waals surface area contributed by atoms with Crippen LogP contribution < -0.4 is 10.7 Å². The quantitative estimate of drug-likeness (QED) is 0.461. The molecule has 3 aromatic carbocycles. The van der Waals surface area contributed by atoms with Gasteiger partial charge in [0.15, 0.2) is 0 Å². The van der Waals surface area contributed by atoms with E-state index in [-0.39, 0.29) is 28.4 Å². The first-order chi connectivity index (χ1) is 15.0. The fourth-order valence-corrected chi connectivity index (χ4v) is 3.78. The largest absolute Gasteiger partial charge is 0.325 e. The Balaban J connectivity index is 1.39. The minimum absolute atomic E-state index is 0.199. The Morgan fingerprint density at radius 1 is 0.806 bits per heavy atom. The number of nitrogens with one attached hydrogen (secondary N) is 2. The molecular formula is C23H17N3O4S. The zero-order valence-electron chi connectivity index (χ0n) is 16.2. The van der Waals surface area contributed by atoms with E-state index in [1.54, 1.807) is 24.3 Å². The van der Waals surface area contributed by atoms with Gasteiger partial charge >= 0.3 is 0 Å². The Hall–Kier alpha value is -3.91. The van der Waals surface area contributed by atoms with Gasteiger partial charge in [-0.1, -0.05) is 36.4 Å². The number of anilines is 1. The van der Waals surface area contributed by atoms with Gasteiger partial charge in [-0.15, -0.1) is 11.8 Å². The highest BCUT2D eigenvalue weighted by Gasteiger charge is 2.36. The number of amides is 4. The monoisotopic (exact) mass is 431 g/mol. The van der Waals surface area contributed by atoms with Gasteiger partial charge in [0.2, 0.25) is 5.91 Å². The first kappa shape index (κ1) is 20.4. The van der Waals surface area contributed by atoms with Crippen molar-refractivity contribution < 1.29 is 19.2 Å². The third-order valence-corrected chi connectivity index (χ3v) is 5.54. The Labute approximate surface area is 182 Å². The number of benzene rings is 3. The molecule has 4 amide bonds. The summed E-state index contributed by atoms with van der Waals surface area (Å²) in [5.74, 6) is -1.81. The summed E-state index contributed by atoms with van der Waals surface area (Å²) in [6.45, 7) is 0. The van der Waals surface area contributed by atoms with Crippen LogP contribution in [0.25, 0.3) is 0 Å². The van der Waals surface area contributed by atoms with Crippen molar-refractivity contribution in [2.24, 2.45) is 0 Å². The van der Waals surface area contributed by atoms with E-state index < -0.39 is 17.7 Å². The molecular weight excluding hydrogens is 414 g/mol. The number of thioether (sulfide) groups is 1. The fraction of sp³-hybridized carbons (Fsp3) is 0.0435. The van der Waals surface area contributed by atoms with Gasteiger partial charge in [0, 0.05) is 16.1 Å². The second-order valence-electron chi connectivity index (χ2n) is 6.66. The second-order valence-corrected chi connectivity index (χ2v) is 7.71. The summed E-state index contributed by atoms with van der Waals surface area (Å²) in [5.41, 5.74) is 3.47. The molecule has 31 heavy (non-hydrogen) atoms. The summed E-state index contributed by atoms with van der Waals surface area (Å²) in [7, 11) is 0. The summed E-state index contributed by atoms with van der Waals surface area (Å²) in [6, 6.07) is 22.2. The van der Waals surface area contributed by atoms with E-state index in [0.29, 0.717) is 10.7 Å². The molecule has 3 aromatic rings. The molecule has 1 aliphatic rings. The van der Waals surface area contributed by atoms with Crippen LogP contribution in [0.2, 0.25) is 0 Å². The highest BCUT2D eigenvalue weighted by Crippen LogP contribution is 2.21. The maximum Gasteiger partial charge on any atom is 0.280 e. The number of hydrogen-bond donors (Lipinski definition) is 2. The zero-order valence-corrected chi connectivity index (χ0v) is 17.0. The molecule has 0 bridgehead atoms. The molecule has 8 heteroatoms. The lowest BCUT2D eigenvalue weighted by Crippen LogP contribution is -2.45. The van der Waals surface area contributed by atoms with Gasteiger partial charge in [-0.25, -0.2) is 0 Å². The van der Waals surface area contributed by atoms with Crippen LogP contribution in [0, 0.1) is 0 Å². The van der Waals surface area contributed by atoms with Crippen molar-refractivity contribution in [3.8, 4) is 0 Å². The molecule has 1 aliphatic heterocycles. The maximum absolute atomic E-state index is 12.6. The number of fused-ring (bicyclic) bond motifs is 1. The molecule has 0 fully saturated rings. The molecule has 0 unspecified atom stereocenters. The number of rotatable bonds is 6. The smallest absolute Gasteiger partial charge is 0.280 e. The minimum atomic E-state index is -0.635. The molecule has 154 valence electrons. The average molecular weight is 431 g/mol. The fourth-order valence-electron chi connectivity index (χ4n) is 3.06. The first-order valence-corrected chi connectivity index (χ1v) is 10.4. The lowest BCUT2D eigenvalue weighted by Gasteiger charge is -2.15. The topological polar surface area (TPSA) is 95.6 Å². The third kappa shape index (κ3) is 4.49. The second kappa shape index (κ2) is 8.85. The lowest BCUT2D eigenvalue weighted by molar-refractivity contribution is -0.113. The summed E-state index contributed by atoms with van der Waals surface area (Å²) in [5, 5.41) is 3.45. The number of nitrogens with zero attached hydrogens (tertiary/aromatic N) is 1. The van der Waals surface area contributed by atoms with E-state index in [4.69, 9.17) is 0 Å². The molecule has 7 nitrogen and oxygen atoms in total. The van der Waals surface area contributed by atoms with E-state index in [1.807, 2.05) is 30.3 Å². The van der Waals surface area contributed by atoms with Gasteiger partial charge in [0.05, 0.1) is 16.9 Å². The van der Waals surface area contributed by atoms with Crippen molar-refractivity contribution in [3.63, 3.8) is 0 Å². The summed E-state index contributed by atoms with van der Waals surface area (Å²) < 4.78 is 0. The Morgan fingerprint density at radius 2 is 1.45 bits per heavy atom. The Bertz CT molecular complexity index is 1150. The van der Waals surface area contributed by atoms with Crippen LogP contribution in [0.1, 0.15) is 31.1 Å². The van der Waals surface area contributed by atoms with Crippen molar-refractivity contribution in [2.75, 3.05) is 11.1 Å². The van der Waals surface area contributed by atoms with Gasteiger partial charge in [0.1, 0.15) is 0 Å². The molecule has 0 aromatic heterocycles. The summed E-state index contributed by atoms with van der Waals surface area (Å²) >= 11 is 1.40.